The summed E-state index contributed by atoms with van der Waals surface area (Å²) in [5.74, 6) is 2.37. The number of methoxy groups -OCH3 is 1. The van der Waals surface area contributed by atoms with Crippen LogP contribution in [0.2, 0.25) is 0 Å². The molecule has 2 aromatic rings. The summed E-state index contributed by atoms with van der Waals surface area (Å²) in [4.78, 5) is 4.70. The number of aliphatic imine (C=N–C) groups is 1. The Bertz CT molecular complexity index is 792. The molecule has 0 aromatic heterocycles. The molecule has 3 rings (SSSR count). The smallest absolute Gasteiger partial charge is 0.191 e. The monoisotopic (exact) mass is 369 g/mol. The third-order valence-electron chi connectivity index (χ3n) is 4.53. The van der Waals surface area contributed by atoms with E-state index in [2.05, 4.69) is 23.6 Å². The number of benzene rings is 2. The zero-order valence-corrected chi connectivity index (χ0v) is 15.9. The number of rotatable bonds is 6. The van der Waals surface area contributed by atoms with Crippen LogP contribution in [0.3, 0.4) is 0 Å². The number of hydrogen-bond acceptors (Lipinski definition) is 4. The Morgan fingerprint density at radius 1 is 1.30 bits per heavy atom. The molecular formula is C21H27N3O3. The van der Waals surface area contributed by atoms with Gasteiger partial charge in [-0.2, -0.15) is 0 Å². The number of nitrogens with one attached hydrogen (secondary N) is 2. The Morgan fingerprint density at radius 3 is 2.96 bits per heavy atom. The van der Waals surface area contributed by atoms with E-state index in [1.165, 1.54) is 0 Å². The fraction of sp³-hybridized carbons (Fsp3) is 0.381. The van der Waals surface area contributed by atoms with Gasteiger partial charge in [-0.25, -0.2) is 0 Å². The van der Waals surface area contributed by atoms with Gasteiger partial charge < -0.3 is 25.2 Å². The second-order valence-electron chi connectivity index (χ2n) is 6.39. The van der Waals surface area contributed by atoms with E-state index in [-0.39, 0.29) is 11.8 Å². The van der Waals surface area contributed by atoms with Crippen molar-refractivity contribution in [2.45, 2.75) is 25.8 Å². The van der Waals surface area contributed by atoms with Crippen LogP contribution in [0.15, 0.2) is 47.5 Å². The number of phenols is 1. The molecule has 6 heteroatoms. The lowest BCUT2D eigenvalue weighted by atomic mass is 10.0. The van der Waals surface area contributed by atoms with Crippen LogP contribution in [0.25, 0.3) is 0 Å². The molecule has 1 unspecified atom stereocenters. The van der Waals surface area contributed by atoms with Gasteiger partial charge in [0, 0.05) is 25.1 Å². The first-order valence-electron chi connectivity index (χ1n) is 9.33. The Labute approximate surface area is 160 Å². The summed E-state index contributed by atoms with van der Waals surface area (Å²) in [7, 11) is 1.55. The van der Waals surface area contributed by atoms with E-state index in [9.17, 15) is 5.11 Å². The molecule has 0 radical (unpaired) electrons. The lowest BCUT2D eigenvalue weighted by molar-refractivity contribution is 0.261. The molecule has 3 N–H and O–H groups in total. The van der Waals surface area contributed by atoms with Crippen molar-refractivity contribution in [3.8, 4) is 17.2 Å². The van der Waals surface area contributed by atoms with Gasteiger partial charge in [-0.15, -0.1) is 0 Å². The number of guanidine groups is 1. The molecule has 0 fully saturated rings. The van der Waals surface area contributed by atoms with Crippen LogP contribution >= 0.6 is 0 Å². The summed E-state index contributed by atoms with van der Waals surface area (Å²) in [5, 5.41) is 16.5. The van der Waals surface area contributed by atoms with Crippen LogP contribution < -0.4 is 20.1 Å². The standard InChI is InChI=1S/C21H27N3O3/c1-3-22-21(23-12-10-15-8-9-18(25)20(14-15)26-2)24-17-11-13-27-19-7-5-4-6-16(17)19/h4-9,14,17,25H,3,10-13H2,1-2H3,(H2,22,23,24). The highest BCUT2D eigenvalue weighted by Crippen LogP contribution is 2.31. The topological polar surface area (TPSA) is 75.1 Å². The molecule has 0 saturated heterocycles. The highest BCUT2D eigenvalue weighted by Gasteiger charge is 2.21. The number of nitrogens with zero attached hydrogens (tertiary/aromatic N) is 1. The van der Waals surface area contributed by atoms with Gasteiger partial charge in [-0.05, 0) is 37.1 Å². The maximum Gasteiger partial charge on any atom is 0.191 e. The fourth-order valence-electron chi connectivity index (χ4n) is 3.15. The molecular weight excluding hydrogens is 342 g/mol. The summed E-state index contributed by atoms with van der Waals surface area (Å²) in [6.07, 6.45) is 1.66. The first-order valence-corrected chi connectivity index (χ1v) is 9.33. The number of ether oxygens (including phenoxy) is 2. The number of hydrogen-bond donors (Lipinski definition) is 3. The third-order valence-corrected chi connectivity index (χ3v) is 4.53. The normalized spacial score (nSPS) is 16.2. The van der Waals surface area contributed by atoms with Gasteiger partial charge >= 0.3 is 0 Å². The van der Waals surface area contributed by atoms with Gasteiger partial charge in [-0.3, -0.25) is 4.99 Å². The zero-order chi connectivity index (χ0) is 19.1. The van der Waals surface area contributed by atoms with Crippen molar-refractivity contribution in [3.63, 3.8) is 0 Å². The van der Waals surface area contributed by atoms with E-state index in [0.29, 0.717) is 18.9 Å². The number of aromatic hydroxyl groups is 1. The summed E-state index contributed by atoms with van der Waals surface area (Å²) < 4.78 is 10.9. The van der Waals surface area contributed by atoms with Gasteiger partial charge in [0.25, 0.3) is 0 Å². The lowest BCUT2D eigenvalue weighted by Gasteiger charge is -2.28. The van der Waals surface area contributed by atoms with Crippen LogP contribution in [-0.4, -0.2) is 37.9 Å². The van der Waals surface area contributed by atoms with E-state index in [1.807, 2.05) is 30.3 Å². The summed E-state index contributed by atoms with van der Waals surface area (Å²) >= 11 is 0. The van der Waals surface area contributed by atoms with Crippen molar-refractivity contribution in [3.05, 3.63) is 53.6 Å². The van der Waals surface area contributed by atoms with Crippen molar-refractivity contribution in [2.75, 3.05) is 26.8 Å². The lowest BCUT2D eigenvalue weighted by Crippen LogP contribution is -2.41. The molecule has 0 spiro atoms. The highest BCUT2D eigenvalue weighted by molar-refractivity contribution is 5.80. The second kappa shape index (κ2) is 9.16. The summed E-state index contributed by atoms with van der Waals surface area (Å²) in [5.41, 5.74) is 2.23. The molecule has 6 nitrogen and oxygen atoms in total. The molecule has 27 heavy (non-hydrogen) atoms. The minimum absolute atomic E-state index is 0.151. The Hall–Kier alpha value is -2.89. The van der Waals surface area contributed by atoms with Crippen molar-refractivity contribution in [1.82, 2.24) is 10.6 Å². The van der Waals surface area contributed by atoms with E-state index < -0.39 is 0 Å². The maximum absolute atomic E-state index is 9.70. The SMILES string of the molecule is CCNC(=NCCc1ccc(O)c(OC)c1)NC1CCOc2ccccc21. The molecule has 1 atom stereocenters. The molecule has 1 heterocycles. The molecule has 0 amide bonds. The molecule has 0 saturated carbocycles. The number of para-hydroxylation sites is 1. The van der Waals surface area contributed by atoms with Gasteiger partial charge in [-0.1, -0.05) is 24.3 Å². The van der Waals surface area contributed by atoms with Crippen LogP contribution in [0.5, 0.6) is 17.2 Å². The van der Waals surface area contributed by atoms with Gasteiger partial charge in [0.2, 0.25) is 0 Å². The van der Waals surface area contributed by atoms with Crippen LogP contribution in [0, 0.1) is 0 Å². The minimum Gasteiger partial charge on any atom is -0.504 e. The second-order valence-corrected chi connectivity index (χ2v) is 6.39. The summed E-state index contributed by atoms with van der Waals surface area (Å²) in [6, 6.07) is 13.7. The Morgan fingerprint density at radius 2 is 2.15 bits per heavy atom. The van der Waals surface area contributed by atoms with Crippen LogP contribution in [0.1, 0.15) is 30.5 Å². The van der Waals surface area contributed by atoms with Gasteiger partial charge in [0.1, 0.15) is 5.75 Å². The maximum atomic E-state index is 9.70. The molecule has 144 valence electrons. The Kier molecular flexibility index (Phi) is 6.41. The van der Waals surface area contributed by atoms with E-state index in [0.717, 1.165) is 42.2 Å². The zero-order valence-electron chi connectivity index (χ0n) is 15.9. The van der Waals surface area contributed by atoms with Crippen molar-refractivity contribution in [2.24, 2.45) is 4.99 Å². The average Bonchev–Trinajstić information content (AvgIpc) is 2.69. The van der Waals surface area contributed by atoms with Crippen molar-refractivity contribution < 1.29 is 14.6 Å². The largest absolute Gasteiger partial charge is 0.504 e. The van der Waals surface area contributed by atoms with E-state index in [1.54, 1.807) is 13.2 Å². The third kappa shape index (κ3) is 4.84. The quantitative estimate of drug-likeness (QED) is 0.539. The first kappa shape index (κ1) is 18.9. The average molecular weight is 369 g/mol. The fourth-order valence-corrected chi connectivity index (χ4v) is 3.15. The molecule has 0 bridgehead atoms. The van der Waals surface area contributed by atoms with Crippen LogP contribution in [0.4, 0.5) is 0 Å². The van der Waals surface area contributed by atoms with E-state index >= 15 is 0 Å². The van der Waals surface area contributed by atoms with Gasteiger partial charge in [0.15, 0.2) is 17.5 Å². The van der Waals surface area contributed by atoms with Gasteiger partial charge in [0.05, 0.1) is 19.8 Å². The van der Waals surface area contributed by atoms with E-state index in [4.69, 9.17) is 14.5 Å². The summed E-state index contributed by atoms with van der Waals surface area (Å²) in [6.45, 7) is 4.18. The molecule has 1 aliphatic rings. The predicted molar refractivity (Wildman–Crippen MR) is 107 cm³/mol. The molecule has 2 aromatic carbocycles. The van der Waals surface area contributed by atoms with Crippen LogP contribution in [-0.2, 0) is 6.42 Å². The minimum atomic E-state index is 0.151. The van der Waals surface area contributed by atoms with Crippen molar-refractivity contribution >= 4 is 5.96 Å². The first-order chi connectivity index (χ1) is 13.2. The van der Waals surface area contributed by atoms with Crippen molar-refractivity contribution in [1.29, 1.82) is 0 Å². The highest BCUT2D eigenvalue weighted by atomic mass is 16.5. The Balaban J connectivity index is 1.65. The number of fused-ring (bicyclic) bond motifs is 1. The molecule has 1 aliphatic heterocycles. The number of phenolic OH excluding ortho intramolecular Hbond substituents is 1. The molecule has 0 aliphatic carbocycles. The predicted octanol–water partition coefficient (Wildman–Crippen LogP) is 3.02.